The summed E-state index contributed by atoms with van der Waals surface area (Å²) >= 11 is 0. The molecule has 0 radical (unpaired) electrons. The van der Waals surface area contributed by atoms with Crippen molar-refractivity contribution in [3.8, 4) is 0 Å². The Balaban J connectivity index is 1.97. The van der Waals surface area contributed by atoms with Crippen molar-refractivity contribution >= 4 is 0 Å². The zero-order valence-electron chi connectivity index (χ0n) is 11.5. The molecule has 0 aromatic rings. The van der Waals surface area contributed by atoms with Crippen molar-refractivity contribution in [1.82, 2.24) is 5.43 Å². The van der Waals surface area contributed by atoms with Crippen LogP contribution in [0.15, 0.2) is 0 Å². The van der Waals surface area contributed by atoms with E-state index >= 15 is 0 Å². The van der Waals surface area contributed by atoms with E-state index in [2.05, 4.69) is 12.3 Å². The lowest BCUT2D eigenvalue weighted by Crippen LogP contribution is -2.53. The van der Waals surface area contributed by atoms with Crippen molar-refractivity contribution < 1.29 is 14.2 Å². The van der Waals surface area contributed by atoms with Gasteiger partial charge in [-0.2, -0.15) is 0 Å². The molecule has 106 valence electrons. The maximum absolute atomic E-state index is 5.96. The number of hydrogen-bond donors (Lipinski definition) is 2. The fourth-order valence-corrected chi connectivity index (χ4v) is 3.26. The molecule has 0 amide bonds. The predicted octanol–water partition coefficient (Wildman–Crippen LogP) is 0.829. The minimum atomic E-state index is -0.0655. The van der Waals surface area contributed by atoms with E-state index in [0.717, 1.165) is 45.7 Å². The number of nitrogens with two attached hydrogens (primary N) is 1. The third-order valence-corrected chi connectivity index (χ3v) is 4.23. The first-order chi connectivity index (χ1) is 8.71. The SMILES string of the molecule is CCOC(C)C(NN)C1CCOC2(CCOC2)C1. The van der Waals surface area contributed by atoms with Gasteiger partial charge in [-0.15, -0.1) is 0 Å². The average molecular weight is 258 g/mol. The summed E-state index contributed by atoms with van der Waals surface area (Å²) < 4.78 is 17.1. The van der Waals surface area contributed by atoms with E-state index < -0.39 is 0 Å². The zero-order valence-corrected chi connectivity index (χ0v) is 11.5. The molecule has 2 fully saturated rings. The summed E-state index contributed by atoms with van der Waals surface area (Å²) in [6, 6.07) is 0.186. The molecule has 2 heterocycles. The third kappa shape index (κ3) is 3.03. The Kier molecular flexibility index (Phi) is 4.98. The van der Waals surface area contributed by atoms with Crippen LogP contribution in [0.5, 0.6) is 0 Å². The molecule has 4 atom stereocenters. The highest BCUT2D eigenvalue weighted by atomic mass is 16.6. The predicted molar refractivity (Wildman–Crippen MR) is 69.0 cm³/mol. The van der Waals surface area contributed by atoms with E-state index in [1.165, 1.54) is 0 Å². The first kappa shape index (κ1) is 14.2. The molecule has 4 unspecified atom stereocenters. The average Bonchev–Trinajstić information content (AvgIpc) is 2.79. The number of nitrogens with one attached hydrogen (secondary N) is 1. The van der Waals surface area contributed by atoms with Gasteiger partial charge in [-0.25, -0.2) is 0 Å². The van der Waals surface area contributed by atoms with Gasteiger partial charge < -0.3 is 14.2 Å². The van der Waals surface area contributed by atoms with Crippen LogP contribution in [0.25, 0.3) is 0 Å². The maximum Gasteiger partial charge on any atom is 0.0939 e. The summed E-state index contributed by atoms with van der Waals surface area (Å²) in [6.07, 6.45) is 3.18. The van der Waals surface area contributed by atoms with Gasteiger partial charge in [-0.3, -0.25) is 11.3 Å². The van der Waals surface area contributed by atoms with Gasteiger partial charge in [0.2, 0.25) is 0 Å². The molecule has 3 N–H and O–H groups in total. The van der Waals surface area contributed by atoms with Crippen molar-refractivity contribution in [2.45, 2.75) is 50.9 Å². The van der Waals surface area contributed by atoms with Crippen LogP contribution in [-0.4, -0.2) is 44.2 Å². The molecule has 2 rings (SSSR count). The molecule has 0 bridgehead atoms. The molecule has 2 aliphatic rings. The minimum Gasteiger partial charge on any atom is -0.378 e. The minimum absolute atomic E-state index is 0.0655. The first-order valence-corrected chi connectivity index (χ1v) is 7.00. The normalized spacial score (nSPS) is 35.8. The number of hydrazine groups is 1. The van der Waals surface area contributed by atoms with Gasteiger partial charge in [0.25, 0.3) is 0 Å². The largest absolute Gasteiger partial charge is 0.378 e. The van der Waals surface area contributed by atoms with Gasteiger partial charge in [0.1, 0.15) is 0 Å². The number of rotatable bonds is 5. The van der Waals surface area contributed by atoms with Crippen molar-refractivity contribution in [2.75, 3.05) is 26.4 Å². The Hall–Kier alpha value is -0.200. The maximum atomic E-state index is 5.96. The van der Waals surface area contributed by atoms with E-state index in [1.54, 1.807) is 0 Å². The van der Waals surface area contributed by atoms with Crippen molar-refractivity contribution in [2.24, 2.45) is 11.8 Å². The van der Waals surface area contributed by atoms with Gasteiger partial charge in [0.15, 0.2) is 0 Å². The smallest absolute Gasteiger partial charge is 0.0939 e. The molecule has 0 aromatic carbocycles. The second-order valence-electron chi connectivity index (χ2n) is 5.44. The zero-order chi connectivity index (χ0) is 13.0. The van der Waals surface area contributed by atoms with E-state index in [9.17, 15) is 0 Å². The standard InChI is InChI=1S/C13H26N2O3/c1-3-17-10(2)12(15-14)11-4-6-18-13(8-11)5-7-16-9-13/h10-12,15H,3-9,14H2,1-2H3. The van der Waals surface area contributed by atoms with E-state index in [-0.39, 0.29) is 17.7 Å². The van der Waals surface area contributed by atoms with Crippen molar-refractivity contribution in [3.05, 3.63) is 0 Å². The van der Waals surface area contributed by atoms with Crippen molar-refractivity contribution in [1.29, 1.82) is 0 Å². The lowest BCUT2D eigenvalue weighted by Gasteiger charge is -2.41. The quantitative estimate of drug-likeness (QED) is 0.565. The molecule has 2 saturated heterocycles. The summed E-state index contributed by atoms with van der Waals surface area (Å²) in [4.78, 5) is 0. The summed E-state index contributed by atoms with van der Waals surface area (Å²) in [5.74, 6) is 6.21. The van der Waals surface area contributed by atoms with Gasteiger partial charge in [-0.05, 0) is 32.6 Å². The summed E-state index contributed by atoms with van der Waals surface area (Å²) in [5, 5.41) is 0. The van der Waals surface area contributed by atoms with E-state index in [0.29, 0.717) is 5.92 Å². The Labute approximate surface area is 109 Å². The molecule has 0 aliphatic carbocycles. The molecule has 5 heteroatoms. The number of ether oxygens (including phenoxy) is 3. The van der Waals surface area contributed by atoms with Crippen LogP contribution in [0, 0.1) is 5.92 Å². The highest BCUT2D eigenvalue weighted by Crippen LogP contribution is 2.37. The fraction of sp³-hybridized carbons (Fsp3) is 1.00. The monoisotopic (exact) mass is 258 g/mol. The molecule has 5 nitrogen and oxygen atoms in total. The van der Waals surface area contributed by atoms with Crippen molar-refractivity contribution in [3.63, 3.8) is 0 Å². The highest BCUT2D eigenvalue weighted by Gasteiger charge is 2.43. The molecular weight excluding hydrogens is 232 g/mol. The van der Waals surface area contributed by atoms with Crippen LogP contribution in [0.1, 0.15) is 33.1 Å². The van der Waals surface area contributed by atoms with Crippen LogP contribution in [-0.2, 0) is 14.2 Å². The number of hydrogen-bond acceptors (Lipinski definition) is 5. The summed E-state index contributed by atoms with van der Waals surface area (Å²) in [5.41, 5.74) is 2.88. The van der Waals surface area contributed by atoms with Gasteiger partial charge in [-0.1, -0.05) is 0 Å². The lowest BCUT2D eigenvalue weighted by atomic mass is 9.80. The fourth-order valence-electron chi connectivity index (χ4n) is 3.26. The van der Waals surface area contributed by atoms with Gasteiger partial charge >= 0.3 is 0 Å². The molecular formula is C13H26N2O3. The second kappa shape index (κ2) is 6.30. The van der Waals surface area contributed by atoms with Crippen LogP contribution in [0.4, 0.5) is 0 Å². The van der Waals surface area contributed by atoms with E-state index in [4.69, 9.17) is 20.1 Å². The van der Waals surface area contributed by atoms with Crippen LogP contribution < -0.4 is 11.3 Å². The molecule has 1 spiro atoms. The third-order valence-electron chi connectivity index (χ3n) is 4.23. The van der Waals surface area contributed by atoms with Gasteiger partial charge in [0.05, 0.1) is 18.3 Å². The topological polar surface area (TPSA) is 65.7 Å². The molecule has 0 saturated carbocycles. The molecule has 18 heavy (non-hydrogen) atoms. The Morgan fingerprint density at radius 2 is 2.33 bits per heavy atom. The molecule has 2 aliphatic heterocycles. The highest BCUT2D eigenvalue weighted by molar-refractivity contribution is 4.94. The summed E-state index contributed by atoms with van der Waals surface area (Å²) in [6.45, 7) is 7.15. The van der Waals surface area contributed by atoms with Crippen LogP contribution >= 0.6 is 0 Å². The lowest BCUT2D eigenvalue weighted by molar-refractivity contribution is -0.111. The Morgan fingerprint density at radius 1 is 1.50 bits per heavy atom. The Bertz CT molecular complexity index is 257. The second-order valence-corrected chi connectivity index (χ2v) is 5.44. The molecule has 0 aromatic heterocycles. The van der Waals surface area contributed by atoms with E-state index in [1.807, 2.05) is 6.92 Å². The van der Waals surface area contributed by atoms with Crippen LogP contribution in [0.3, 0.4) is 0 Å². The Morgan fingerprint density at radius 3 is 2.94 bits per heavy atom. The summed E-state index contributed by atoms with van der Waals surface area (Å²) in [7, 11) is 0. The first-order valence-electron chi connectivity index (χ1n) is 7.00. The van der Waals surface area contributed by atoms with Gasteiger partial charge in [0, 0.05) is 32.3 Å². The van der Waals surface area contributed by atoms with Crippen LogP contribution in [0.2, 0.25) is 0 Å².